The molecule has 1 saturated carbocycles. The molecule has 1 aliphatic heterocycles. The number of carboxylic acid groups (broad SMARTS) is 1. The normalized spacial score (nSPS) is 18.2. The molecule has 114 valence electrons. The Balaban J connectivity index is 1.52. The van der Waals surface area contributed by atoms with Gasteiger partial charge < -0.3 is 5.11 Å². The first kappa shape index (κ1) is 13.5. The highest BCUT2D eigenvalue weighted by Crippen LogP contribution is 2.39. The minimum Gasteiger partial charge on any atom is -0.478 e. The van der Waals surface area contributed by atoms with Gasteiger partial charge in [-0.05, 0) is 42.5 Å². The molecule has 0 bridgehead atoms. The Morgan fingerprint density at radius 1 is 1.41 bits per heavy atom. The van der Waals surface area contributed by atoms with Crippen LogP contribution in [-0.4, -0.2) is 32.7 Å². The van der Waals surface area contributed by atoms with Crippen molar-refractivity contribution in [2.45, 2.75) is 38.3 Å². The van der Waals surface area contributed by atoms with Crippen LogP contribution in [0.15, 0.2) is 24.3 Å². The molecule has 0 radical (unpaired) electrons. The molecule has 5 heteroatoms. The number of carboxylic acids is 1. The highest BCUT2D eigenvalue weighted by atomic mass is 16.4. The van der Waals surface area contributed by atoms with Gasteiger partial charge in [0.15, 0.2) is 0 Å². The van der Waals surface area contributed by atoms with E-state index in [0.29, 0.717) is 18.0 Å². The van der Waals surface area contributed by atoms with Crippen molar-refractivity contribution in [3.8, 4) is 0 Å². The molecule has 2 aromatic rings. The summed E-state index contributed by atoms with van der Waals surface area (Å²) in [5.41, 5.74) is 4.87. The molecular formula is C17H19N3O2. The summed E-state index contributed by atoms with van der Waals surface area (Å²) in [4.78, 5) is 13.7. The Morgan fingerprint density at radius 3 is 3.05 bits per heavy atom. The number of carbonyl (C=O) groups is 1. The maximum Gasteiger partial charge on any atom is 0.336 e. The first-order chi connectivity index (χ1) is 10.7. The zero-order chi connectivity index (χ0) is 15.1. The van der Waals surface area contributed by atoms with Crippen LogP contribution in [0.4, 0.5) is 0 Å². The van der Waals surface area contributed by atoms with Crippen LogP contribution in [0, 0.1) is 0 Å². The molecule has 5 nitrogen and oxygen atoms in total. The maximum atomic E-state index is 11.4. The minimum atomic E-state index is -0.837. The minimum absolute atomic E-state index is 0.436. The van der Waals surface area contributed by atoms with Crippen LogP contribution in [0.3, 0.4) is 0 Å². The largest absolute Gasteiger partial charge is 0.478 e. The van der Waals surface area contributed by atoms with Gasteiger partial charge in [-0.2, -0.15) is 5.10 Å². The summed E-state index contributed by atoms with van der Waals surface area (Å²) in [5.74, 6) is -0.179. The van der Waals surface area contributed by atoms with Gasteiger partial charge in [0.05, 0.1) is 11.3 Å². The van der Waals surface area contributed by atoms with Gasteiger partial charge in [-0.3, -0.25) is 10.00 Å². The number of benzene rings is 1. The number of H-pyrrole nitrogens is 1. The third kappa shape index (κ3) is 2.52. The number of nitrogens with zero attached hydrogens (tertiary/aromatic N) is 2. The number of hydrogen-bond acceptors (Lipinski definition) is 3. The van der Waals surface area contributed by atoms with Crippen molar-refractivity contribution in [3.63, 3.8) is 0 Å². The molecule has 0 spiro atoms. The van der Waals surface area contributed by atoms with Crippen molar-refractivity contribution in [3.05, 3.63) is 52.3 Å². The Kier molecular flexibility index (Phi) is 3.22. The van der Waals surface area contributed by atoms with Crippen molar-refractivity contribution < 1.29 is 9.90 Å². The predicted octanol–water partition coefficient (Wildman–Crippen LogP) is 2.54. The number of aromatic nitrogens is 2. The highest BCUT2D eigenvalue weighted by molar-refractivity contribution is 5.89. The average Bonchev–Trinajstić information content (AvgIpc) is 3.27. The fraction of sp³-hybridized carbons (Fsp3) is 0.412. The van der Waals surface area contributed by atoms with Gasteiger partial charge in [0, 0.05) is 31.2 Å². The first-order valence-corrected chi connectivity index (χ1v) is 7.81. The van der Waals surface area contributed by atoms with Gasteiger partial charge in [0.1, 0.15) is 0 Å². The van der Waals surface area contributed by atoms with E-state index in [-0.39, 0.29) is 0 Å². The number of aromatic carboxylic acids is 1. The van der Waals surface area contributed by atoms with Crippen LogP contribution in [0.2, 0.25) is 0 Å². The monoisotopic (exact) mass is 297 g/mol. The van der Waals surface area contributed by atoms with Crippen molar-refractivity contribution in [2.75, 3.05) is 6.54 Å². The lowest BCUT2D eigenvalue weighted by molar-refractivity contribution is 0.0693. The average molecular weight is 297 g/mol. The molecule has 0 amide bonds. The lowest BCUT2D eigenvalue weighted by Gasteiger charge is -2.29. The van der Waals surface area contributed by atoms with Gasteiger partial charge in [-0.1, -0.05) is 12.1 Å². The summed E-state index contributed by atoms with van der Waals surface area (Å²) in [6, 6.07) is 7.75. The summed E-state index contributed by atoms with van der Waals surface area (Å²) in [7, 11) is 0. The second kappa shape index (κ2) is 5.25. The van der Waals surface area contributed by atoms with Crippen LogP contribution < -0.4 is 0 Å². The molecule has 0 unspecified atom stereocenters. The Hall–Kier alpha value is -2.14. The molecule has 4 rings (SSSR count). The smallest absolute Gasteiger partial charge is 0.336 e. The Morgan fingerprint density at radius 2 is 2.27 bits per heavy atom. The molecule has 2 aliphatic rings. The molecule has 2 N–H and O–H groups in total. The van der Waals surface area contributed by atoms with Gasteiger partial charge >= 0.3 is 5.97 Å². The van der Waals surface area contributed by atoms with E-state index in [1.165, 1.54) is 24.1 Å². The molecule has 2 heterocycles. The van der Waals surface area contributed by atoms with E-state index in [1.807, 2.05) is 12.1 Å². The molecular weight excluding hydrogens is 278 g/mol. The first-order valence-electron chi connectivity index (χ1n) is 7.81. The Labute approximate surface area is 129 Å². The van der Waals surface area contributed by atoms with E-state index in [2.05, 4.69) is 21.2 Å². The van der Waals surface area contributed by atoms with Crippen molar-refractivity contribution in [1.29, 1.82) is 0 Å². The van der Waals surface area contributed by atoms with Crippen molar-refractivity contribution in [1.82, 2.24) is 15.1 Å². The van der Waals surface area contributed by atoms with Crippen molar-refractivity contribution in [2.24, 2.45) is 0 Å². The number of aromatic amines is 1. The third-order valence-corrected chi connectivity index (χ3v) is 4.62. The summed E-state index contributed by atoms with van der Waals surface area (Å²) in [6.07, 6.45) is 3.41. The van der Waals surface area contributed by atoms with E-state index in [4.69, 9.17) is 0 Å². The lowest BCUT2D eigenvalue weighted by Crippen LogP contribution is -2.31. The van der Waals surface area contributed by atoms with Gasteiger partial charge in [0.25, 0.3) is 0 Å². The molecule has 0 atom stereocenters. The number of rotatable bonds is 4. The third-order valence-electron chi connectivity index (χ3n) is 4.62. The fourth-order valence-electron chi connectivity index (χ4n) is 3.26. The van der Waals surface area contributed by atoms with E-state index in [1.54, 1.807) is 6.07 Å². The number of nitrogens with one attached hydrogen (secondary N) is 1. The van der Waals surface area contributed by atoms with Crippen LogP contribution >= 0.6 is 0 Å². The van der Waals surface area contributed by atoms with Gasteiger partial charge in [-0.15, -0.1) is 0 Å². The second-order valence-corrected chi connectivity index (χ2v) is 6.30. The zero-order valence-corrected chi connectivity index (χ0v) is 12.4. The summed E-state index contributed by atoms with van der Waals surface area (Å²) in [5, 5.41) is 16.9. The molecule has 1 aliphatic carbocycles. The fourth-order valence-corrected chi connectivity index (χ4v) is 3.26. The van der Waals surface area contributed by atoms with Crippen molar-refractivity contribution >= 4 is 5.97 Å². The highest BCUT2D eigenvalue weighted by Gasteiger charge is 2.27. The van der Waals surface area contributed by atoms with E-state index < -0.39 is 5.97 Å². The molecule has 0 saturated heterocycles. The molecule has 1 aromatic carbocycles. The predicted molar refractivity (Wildman–Crippen MR) is 81.8 cm³/mol. The molecule has 22 heavy (non-hydrogen) atoms. The maximum absolute atomic E-state index is 11.4. The van der Waals surface area contributed by atoms with Crippen LogP contribution in [0.5, 0.6) is 0 Å². The van der Waals surface area contributed by atoms with E-state index in [0.717, 1.165) is 30.8 Å². The lowest BCUT2D eigenvalue weighted by atomic mass is 9.95. The van der Waals surface area contributed by atoms with Gasteiger partial charge in [-0.25, -0.2) is 4.79 Å². The van der Waals surface area contributed by atoms with E-state index in [9.17, 15) is 9.90 Å². The standard InChI is InChI=1S/C17H19N3O2/c21-17(22)14-3-1-2-11-6-7-20(10-15(11)14)9-13-8-16(19-18-13)12-4-5-12/h1-3,8,12H,4-7,9-10H2,(H,18,19)(H,21,22). The zero-order valence-electron chi connectivity index (χ0n) is 12.4. The van der Waals surface area contributed by atoms with Crippen LogP contribution in [0.1, 0.15) is 51.6 Å². The summed E-state index contributed by atoms with van der Waals surface area (Å²) in [6.45, 7) is 2.44. The quantitative estimate of drug-likeness (QED) is 0.910. The number of fused-ring (bicyclic) bond motifs is 1. The SMILES string of the molecule is O=C(O)c1cccc2c1CN(Cc1cc(C3CC3)n[nH]1)CC2. The topological polar surface area (TPSA) is 69.2 Å². The van der Waals surface area contributed by atoms with Gasteiger partial charge in [0.2, 0.25) is 0 Å². The molecule has 1 fully saturated rings. The van der Waals surface area contributed by atoms with E-state index >= 15 is 0 Å². The second-order valence-electron chi connectivity index (χ2n) is 6.30. The molecule has 1 aromatic heterocycles. The summed E-state index contributed by atoms with van der Waals surface area (Å²) >= 11 is 0. The van der Waals surface area contributed by atoms with Crippen LogP contribution in [-0.2, 0) is 19.5 Å². The van der Waals surface area contributed by atoms with Crippen LogP contribution in [0.25, 0.3) is 0 Å². The summed E-state index contributed by atoms with van der Waals surface area (Å²) < 4.78 is 0. The Bertz CT molecular complexity index is 718. The number of hydrogen-bond donors (Lipinski definition) is 2.